The predicted molar refractivity (Wildman–Crippen MR) is 240 cm³/mol. The molecule has 0 saturated carbocycles. The molecular weight excluding hydrogens is 741 g/mol. The molecule has 0 saturated heterocycles. The van der Waals surface area contributed by atoms with Gasteiger partial charge < -0.3 is 9.76 Å². The fraction of sp³-hybridized carbons (Fsp3) is 0.135. The lowest BCUT2D eigenvalue weighted by atomic mass is 9.66. The summed E-state index contributed by atoms with van der Waals surface area (Å²) in [6, 6.07) is 59.8. The summed E-state index contributed by atoms with van der Waals surface area (Å²) < 4.78 is 6.42. The Bertz CT molecular complexity index is 2820. The van der Waals surface area contributed by atoms with E-state index in [9.17, 15) is 5.11 Å². The van der Waals surface area contributed by atoms with Gasteiger partial charge in [-0.2, -0.15) is 0 Å². The Morgan fingerprint density at radius 3 is 1.63 bits per heavy atom. The van der Waals surface area contributed by atoms with E-state index >= 15 is 0 Å². The maximum absolute atomic E-state index is 10.9. The molecule has 7 aromatic carbocycles. The summed E-state index contributed by atoms with van der Waals surface area (Å²) in [6.45, 7) is 7.43. The van der Waals surface area contributed by atoms with Gasteiger partial charge in [-0.1, -0.05) is 176 Å². The van der Waals surface area contributed by atoms with Crippen molar-refractivity contribution in [1.82, 2.24) is 15.0 Å². The molecular formula is C52H41BN3O2S. The molecule has 2 aliphatic rings. The van der Waals surface area contributed by atoms with Crippen LogP contribution in [0.25, 0.3) is 56.4 Å². The van der Waals surface area contributed by atoms with E-state index in [1.54, 1.807) is 13.8 Å². The molecule has 0 fully saturated rings. The third-order valence-corrected chi connectivity index (χ3v) is 13.4. The van der Waals surface area contributed by atoms with Gasteiger partial charge >= 0.3 is 7.48 Å². The molecule has 1 aliphatic carbocycles. The van der Waals surface area contributed by atoms with Gasteiger partial charge in [0.15, 0.2) is 17.5 Å². The number of rotatable bonds is 8. The summed E-state index contributed by atoms with van der Waals surface area (Å²) in [5.74, 6) is 1.91. The number of aliphatic hydroxyl groups is 1. The van der Waals surface area contributed by atoms with E-state index in [1.807, 2.05) is 93.8 Å². The lowest BCUT2D eigenvalue weighted by Gasteiger charge is -2.40. The van der Waals surface area contributed by atoms with Crippen LogP contribution in [0.3, 0.4) is 0 Å². The van der Waals surface area contributed by atoms with E-state index in [0.717, 1.165) is 33.3 Å². The molecule has 1 aromatic heterocycles. The van der Waals surface area contributed by atoms with Gasteiger partial charge in [0.2, 0.25) is 0 Å². The standard InChI is InChI=1S/C52H41BN3O2S/c1-50(2,57)51(3,4)58-53-43-27-16-25-41-45(43)38-21-11-12-23-39(38)52(41)40-24-13-14-28-44(40)59-46-37(22-15-26-42(46)52)33-29-31-36(32-30-33)49-55-47(34-17-7-5-8-18-34)54-48(56-49)35-19-9-6-10-20-35/h5-32,57H,1-4H3. The van der Waals surface area contributed by atoms with Crippen LogP contribution in [-0.2, 0) is 10.1 Å². The first-order valence-corrected chi connectivity index (χ1v) is 20.8. The molecule has 7 heteroatoms. The summed E-state index contributed by atoms with van der Waals surface area (Å²) in [5.41, 5.74) is 11.0. The van der Waals surface area contributed by atoms with Crippen molar-refractivity contribution >= 4 is 24.7 Å². The molecule has 1 unspecified atom stereocenters. The third kappa shape index (κ3) is 6.15. The first-order chi connectivity index (χ1) is 28.6. The largest absolute Gasteiger partial charge is 0.427 e. The minimum absolute atomic E-state index is 0.568. The van der Waals surface area contributed by atoms with Gasteiger partial charge in [-0.15, -0.1) is 0 Å². The molecule has 0 bridgehead atoms. The lowest BCUT2D eigenvalue weighted by Crippen LogP contribution is -2.49. The number of hydrogen-bond donors (Lipinski definition) is 1. The van der Waals surface area contributed by atoms with Crippen molar-refractivity contribution in [2.24, 2.45) is 0 Å². The molecule has 1 aliphatic heterocycles. The Balaban J connectivity index is 1.11. The second-order valence-electron chi connectivity index (χ2n) is 16.3. The van der Waals surface area contributed by atoms with Crippen LogP contribution in [0.4, 0.5) is 0 Å². The van der Waals surface area contributed by atoms with Crippen LogP contribution < -0.4 is 5.46 Å². The van der Waals surface area contributed by atoms with Crippen LogP contribution in [0.2, 0.25) is 0 Å². The van der Waals surface area contributed by atoms with Crippen LogP contribution in [0.5, 0.6) is 0 Å². The van der Waals surface area contributed by atoms with E-state index in [2.05, 4.69) is 109 Å². The highest BCUT2D eigenvalue weighted by atomic mass is 32.2. The van der Waals surface area contributed by atoms with E-state index < -0.39 is 16.6 Å². The lowest BCUT2D eigenvalue weighted by molar-refractivity contribution is -0.0893. The molecule has 0 amide bonds. The SMILES string of the molecule is CC(C)(O)C(C)(C)O[B]c1cccc2c1-c1ccccc1C21c2ccccc2Sc2c(-c3ccc(-c4nc(-c5ccccc5)nc(-c5ccccc5)n4)cc3)cccc21. The molecule has 10 rings (SSSR count). The number of nitrogens with zero attached hydrogens (tertiary/aromatic N) is 3. The number of aromatic nitrogens is 3. The van der Waals surface area contributed by atoms with Crippen molar-refractivity contribution in [3.05, 3.63) is 192 Å². The van der Waals surface area contributed by atoms with Crippen LogP contribution >= 0.6 is 11.8 Å². The van der Waals surface area contributed by atoms with Gasteiger partial charge in [0.1, 0.15) is 0 Å². The van der Waals surface area contributed by atoms with Gasteiger partial charge in [0.25, 0.3) is 0 Å². The average molecular weight is 783 g/mol. The van der Waals surface area contributed by atoms with Crippen molar-refractivity contribution in [1.29, 1.82) is 0 Å². The average Bonchev–Trinajstić information content (AvgIpc) is 3.57. The Kier molecular flexibility index (Phi) is 9.02. The van der Waals surface area contributed by atoms with E-state index in [4.69, 9.17) is 19.6 Å². The fourth-order valence-electron chi connectivity index (χ4n) is 8.42. The molecule has 2 heterocycles. The summed E-state index contributed by atoms with van der Waals surface area (Å²) in [5, 5.41) is 10.9. The van der Waals surface area contributed by atoms with Crippen molar-refractivity contribution in [2.45, 2.75) is 54.1 Å². The highest BCUT2D eigenvalue weighted by Crippen LogP contribution is 2.63. The van der Waals surface area contributed by atoms with Gasteiger partial charge in [-0.3, -0.25) is 0 Å². The second-order valence-corrected chi connectivity index (χ2v) is 17.3. The highest BCUT2D eigenvalue weighted by molar-refractivity contribution is 7.99. The van der Waals surface area contributed by atoms with E-state index in [0.29, 0.717) is 17.5 Å². The zero-order chi connectivity index (χ0) is 40.4. The van der Waals surface area contributed by atoms with E-state index in [-0.39, 0.29) is 0 Å². The molecule has 1 spiro atoms. The molecule has 59 heavy (non-hydrogen) atoms. The minimum Gasteiger partial charge on any atom is -0.427 e. The first-order valence-electron chi connectivity index (χ1n) is 20.0. The Morgan fingerprint density at radius 1 is 0.492 bits per heavy atom. The maximum Gasteiger partial charge on any atom is 0.331 e. The van der Waals surface area contributed by atoms with Gasteiger partial charge in [0.05, 0.1) is 16.6 Å². The smallest absolute Gasteiger partial charge is 0.331 e. The summed E-state index contributed by atoms with van der Waals surface area (Å²) in [7, 11) is 1.84. The van der Waals surface area contributed by atoms with Gasteiger partial charge in [-0.05, 0) is 83.7 Å². The van der Waals surface area contributed by atoms with Crippen molar-refractivity contribution in [3.8, 4) is 56.4 Å². The molecule has 1 radical (unpaired) electrons. The molecule has 1 N–H and O–H groups in total. The van der Waals surface area contributed by atoms with Gasteiger partial charge in [-0.25, -0.2) is 15.0 Å². The maximum atomic E-state index is 10.9. The molecule has 8 aromatic rings. The Morgan fingerprint density at radius 2 is 0.983 bits per heavy atom. The zero-order valence-corrected chi connectivity index (χ0v) is 34.2. The zero-order valence-electron chi connectivity index (χ0n) is 33.3. The summed E-state index contributed by atoms with van der Waals surface area (Å²) >= 11 is 1.84. The van der Waals surface area contributed by atoms with Gasteiger partial charge in [0, 0.05) is 26.5 Å². The van der Waals surface area contributed by atoms with Crippen LogP contribution in [-0.4, -0.2) is 38.7 Å². The van der Waals surface area contributed by atoms with Crippen molar-refractivity contribution in [2.75, 3.05) is 0 Å². The monoisotopic (exact) mass is 782 g/mol. The predicted octanol–water partition coefficient (Wildman–Crippen LogP) is 11.2. The minimum atomic E-state index is -1.05. The topological polar surface area (TPSA) is 68.1 Å². The van der Waals surface area contributed by atoms with Crippen LogP contribution in [0.1, 0.15) is 49.9 Å². The Hall–Kier alpha value is -6.12. The molecule has 5 nitrogen and oxygen atoms in total. The quantitative estimate of drug-likeness (QED) is 0.155. The third-order valence-electron chi connectivity index (χ3n) is 12.1. The normalized spacial score (nSPS) is 15.3. The van der Waals surface area contributed by atoms with Crippen molar-refractivity contribution < 1.29 is 9.76 Å². The second kappa shape index (κ2) is 14.3. The summed E-state index contributed by atoms with van der Waals surface area (Å²) in [6.07, 6.45) is 0. The summed E-state index contributed by atoms with van der Waals surface area (Å²) in [4.78, 5) is 17.3. The van der Waals surface area contributed by atoms with E-state index in [1.165, 1.54) is 43.2 Å². The Labute approximate surface area is 350 Å². The van der Waals surface area contributed by atoms with Crippen LogP contribution in [0, 0.1) is 0 Å². The number of benzene rings is 7. The van der Waals surface area contributed by atoms with Crippen molar-refractivity contribution in [3.63, 3.8) is 0 Å². The fourth-order valence-corrected chi connectivity index (χ4v) is 9.74. The van der Waals surface area contributed by atoms with Crippen LogP contribution in [0.15, 0.2) is 180 Å². The number of hydrogen-bond acceptors (Lipinski definition) is 6. The highest BCUT2D eigenvalue weighted by Gasteiger charge is 2.51. The first kappa shape index (κ1) is 37.2. The molecule has 285 valence electrons. The number of fused-ring (bicyclic) bond motifs is 9. The molecule has 1 atom stereocenters.